The SMILES string of the molecule is Cc1ccccc1C1CCN(C(=O)C2(N)CCOCC2)C1. The van der Waals surface area contributed by atoms with Gasteiger partial charge in [0.1, 0.15) is 0 Å². The third kappa shape index (κ3) is 2.83. The largest absolute Gasteiger partial charge is 0.381 e. The van der Waals surface area contributed by atoms with E-state index in [1.54, 1.807) is 0 Å². The minimum atomic E-state index is -0.709. The van der Waals surface area contributed by atoms with Gasteiger partial charge in [0.25, 0.3) is 0 Å². The van der Waals surface area contributed by atoms with E-state index in [1.165, 1.54) is 11.1 Å². The van der Waals surface area contributed by atoms with E-state index >= 15 is 0 Å². The molecule has 21 heavy (non-hydrogen) atoms. The topological polar surface area (TPSA) is 55.6 Å². The highest BCUT2D eigenvalue weighted by atomic mass is 16.5. The maximum Gasteiger partial charge on any atom is 0.242 e. The van der Waals surface area contributed by atoms with E-state index in [-0.39, 0.29) is 5.91 Å². The van der Waals surface area contributed by atoms with Gasteiger partial charge in [0, 0.05) is 32.2 Å². The normalized spacial score (nSPS) is 25.0. The summed E-state index contributed by atoms with van der Waals surface area (Å²) in [6, 6.07) is 8.46. The van der Waals surface area contributed by atoms with Gasteiger partial charge in [-0.3, -0.25) is 4.79 Å². The molecule has 4 nitrogen and oxygen atoms in total. The van der Waals surface area contributed by atoms with Crippen molar-refractivity contribution < 1.29 is 9.53 Å². The second kappa shape index (κ2) is 5.78. The molecule has 1 amide bonds. The molecule has 4 heteroatoms. The zero-order valence-electron chi connectivity index (χ0n) is 12.7. The summed E-state index contributed by atoms with van der Waals surface area (Å²) in [6.07, 6.45) is 2.30. The third-order valence-electron chi connectivity index (χ3n) is 4.91. The van der Waals surface area contributed by atoms with Crippen LogP contribution >= 0.6 is 0 Å². The fourth-order valence-corrected chi connectivity index (χ4v) is 3.51. The zero-order valence-corrected chi connectivity index (χ0v) is 12.7. The molecule has 2 saturated heterocycles. The van der Waals surface area contributed by atoms with Gasteiger partial charge >= 0.3 is 0 Å². The van der Waals surface area contributed by atoms with Gasteiger partial charge in [-0.15, -0.1) is 0 Å². The fourth-order valence-electron chi connectivity index (χ4n) is 3.51. The van der Waals surface area contributed by atoms with Gasteiger partial charge in [0.15, 0.2) is 0 Å². The first kappa shape index (κ1) is 14.5. The highest BCUT2D eigenvalue weighted by Gasteiger charge is 2.41. The van der Waals surface area contributed by atoms with Crippen molar-refractivity contribution in [2.24, 2.45) is 5.73 Å². The van der Waals surface area contributed by atoms with Gasteiger partial charge < -0.3 is 15.4 Å². The van der Waals surface area contributed by atoms with Crippen LogP contribution in [0.1, 0.15) is 36.3 Å². The molecule has 114 valence electrons. The highest BCUT2D eigenvalue weighted by molar-refractivity contribution is 5.86. The maximum atomic E-state index is 12.7. The summed E-state index contributed by atoms with van der Waals surface area (Å²) in [7, 11) is 0. The quantitative estimate of drug-likeness (QED) is 0.903. The molecule has 0 aromatic heterocycles. The van der Waals surface area contributed by atoms with Crippen LogP contribution in [0.2, 0.25) is 0 Å². The molecule has 2 fully saturated rings. The standard InChI is InChI=1S/C17H24N2O2/c1-13-4-2-3-5-15(13)14-6-9-19(12-14)16(20)17(18)7-10-21-11-8-17/h2-5,14H,6-12,18H2,1H3. The Kier molecular flexibility index (Phi) is 4.00. The Bertz CT molecular complexity index is 523. The molecule has 1 aromatic carbocycles. The molecule has 1 unspecified atom stereocenters. The fraction of sp³-hybridized carbons (Fsp3) is 0.588. The highest BCUT2D eigenvalue weighted by Crippen LogP contribution is 2.31. The Morgan fingerprint density at radius 1 is 1.33 bits per heavy atom. The molecule has 2 aliphatic rings. The molecule has 2 N–H and O–H groups in total. The molecule has 2 heterocycles. The number of amides is 1. The van der Waals surface area contributed by atoms with Crippen LogP contribution in [0.5, 0.6) is 0 Å². The van der Waals surface area contributed by atoms with Gasteiger partial charge in [-0.1, -0.05) is 24.3 Å². The van der Waals surface area contributed by atoms with Crippen molar-refractivity contribution >= 4 is 5.91 Å². The monoisotopic (exact) mass is 288 g/mol. The molecule has 0 saturated carbocycles. The lowest BCUT2D eigenvalue weighted by Crippen LogP contribution is -2.57. The smallest absolute Gasteiger partial charge is 0.242 e. The second-order valence-electron chi connectivity index (χ2n) is 6.36. The minimum Gasteiger partial charge on any atom is -0.381 e. The summed E-state index contributed by atoms with van der Waals surface area (Å²) in [5.74, 6) is 0.556. The molecule has 1 aromatic rings. The predicted octanol–water partition coefficient (Wildman–Crippen LogP) is 1.82. The molecule has 0 bridgehead atoms. The van der Waals surface area contributed by atoms with Crippen molar-refractivity contribution in [3.63, 3.8) is 0 Å². The maximum absolute atomic E-state index is 12.7. The van der Waals surface area contributed by atoms with Gasteiger partial charge in [-0.2, -0.15) is 0 Å². The number of ether oxygens (including phenoxy) is 1. The molecule has 0 aliphatic carbocycles. The average Bonchev–Trinajstić information content (AvgIpc) is 2.97. The number of carbonyl (C=O) groups is 1. The van der Waals surface area contributed by atoms with Crippen molar-refractivity contribution in [2.45, 2.75) is 37.6 Å². The first-order valence-electron chi connectivity index (χ1n) is 7.82. The first-order chi connectivity index (χ1) is 10.1. The summed E-state index contributed by atoms with van der Waals surface area (Å²) >= 11 is 0. The number of hydrogen-bond acceptors (Lipinski definition) is 3. The van der Waals surface area contributed by atoms with Crippen molar-refractivity contribution in [2.75, 3.05) is 26.3 Å². The van der Waals surface area contributed by atoms with Crippen molar-refractivity contribution in [1.29, 1.82) is 0 Å². The Labute approximate surface area is 126 Å². The van der Waals surface area contributed by atoms with Gasteiger partial charge in [-0.25, -0.2) is 0 Å². The van der Waals surface area contributed by atoms with Crippen molar-refractivity contribution in [3.8, 4) is 0 Å². The number of hydrogen-bond donors (Lipinski definition) is 1. The molecule has 1 atom stereocenters. The van der Waals surface area contributed by atoms with Gasteiger partial charge in [-0.05, 0) is 37.3 Å². The van der Waals surface area contributed by atoms with E-state index in [4.69, 9.17) is 10.5 Å². The number of nitrogens with two attached hydrogens (primary N) is 1. The van der Waals surface area contributed by atoms with Crippen LogP contribution in [-0.2, 0) is 9.53 Å². The van der Waals surface area contributed by atoms with Crippen LogP contribution in [0.3, 0.4) is 0 Å². The zero-order chi connectivity index (χ0) is 14.9. The molecular formula is C17H24N2O2. The number of rotatable bonds is 2. The lowest BCUT2D eigenvalue weighted by molar-refractivity contribution is -0.139. The van der Waals surface area contributed by atoms with E-state index < -0.39 is 5.54 Å². The Hall–Kier alpha value is -1.39. The lowest BCUT2D eigenvalue weighted by atomic mass is 9.89. The number of aryl methyl sites for hydroxylation is 1. The minimum absolute atomic E-state index is 0.113. The molecular weight excluding hydrogens is 264 g/mol. The van der Waals surface area contributed by atoms with E-state index in [0.717, 1.165) is 19.5 Å². The Morgan fingerprint density at radius 3 is 2.76 bits per heavy atom. The van der Waals surface area contributed by atoms with Crippen LogP contribution < -0.4 is 5.73 Å². The van der Waals surface area contributed by atoms with Crippen molar-refractivity contribution in [3.05, 3.63) is 35.4 Å². The second-order valence-corrected chi connectivity index (χ2v) is 6.36. The van der Waals surface area contributed by atoms with E-state index in [0.29, 0.717) is 32.0 Å². The van der Waals surface area contributed by atoms with E-state index in [1.807, 2.05) is 4.90 Å². The first-order valence-corrected chi connectivity index (χ1v) is 7.82. The van der Waals surface area contributed by atoms with Crippen LogP contribution in [0, 0.1) is 6.92 Å². The van der Waals surface area contributed by atoms with Crippen LogP contribution in [0.4, 0.5) is 0 Å². The summed E-state index contributed by atoms with van der Waals surface area (Å²) in [6.45, 7) is 4.94. The van der Waals surface area contributed by atoms with E-state index in [9.17, 15) is 4.79 Å². The number of carbonyl (C=O) groups excluding carboxylic acids is 1. The molecule has 0 radical (unpaired) electrons. The number of likely N-dealkylation sites (tertiary alicyclic amines) is 1. The Morgan fingerprint density at radius 2 is 2.05 bits per heavy atom. The Balaban J connectivity index is 1.69. The van der Waals surface area contributed by atoms with Gasteiger partial charge in [0.2, 0.25) is 5.91 Å². The molecule has 0 spiro atoms. The van der Waals surface area contributed by atoms with Crippen LogP contribution in [-0.4, -0.2) is 42.6 Å². The van der Waals surface area contributed by atoms with Gasteiger partial charge in [0.05, 0.1) is 5.54 Å². The van der Waals surface area contributed by atoms with Crippen LogP contribution in [0.25, 0.3) is 0 Å². The lowest BCUT2D eigenvalue weighted by Gasteiger charge is -2.35. The summed E-state index contributed by atoms with van der Waals surface area (Å²) < 4.78 is 5.33. The molecule has 3 rings (SSSR count). The number of benzene rings is 1. The summed E-state index contributed by atoms with van der Waals surface area (Å²) in [5, 5.41) is 0. The predicted molar refractivity (Wildman–Crippen MR) is 82.1 cm³/mol. The summed E-state index contributed by atoms with van der Waals surface area (Å²) in [5.41, 5.74) is 8.29. The van der Waals surface area contributed by atoms with Crippen LogP contribution in [0.15, 0.2) is 24.3 Å². The molecule has 2 aliphatic heterocycles. The summed E-state index contributed by atoms with van der Waals surface area (Å²) in [4.78, 5) is 14.7. The number of nitrogens with zero attached hydrogens (tertiary/aromatic N) is 1. The van der Waals surface area contributed by atoms with Crippen molar-refractivity contribution in [1.82, 2.24) is 4.90 Å². The van der Waals surface area contributed by atoms with E-state index in [2.05, 4.69) is 31.2 Å². The third-order valence-corrected chi connectivity index (χ3v) is 4.91. The average molecular weight is 288 g/mol.